The summed E-state index contributed by atoms with van der Waals surface area (Å²) in [6.45, 7) is 1.30. The zero-order valence-corrected chi connectivity index (χ0v) is 12.5. The molecule has 0 unspecified atom stereocenters. The van der Waals surface area contributed by atoms with E-state index in [1.54, 1.807) is 11.8 Å². The van der Waals surface area contributed by atoms with Crippen LogP contribution in [-0.4, -0.2) is 36.8 Å². The first-order chi connectivity index (χ1) is 9.21. The van der Waals surface area contributed by atoms with Crippen molar-refractivity contribution >= 4 is 29.3 Å². The molecule has 1 amide bonds. The van der Waals surface area contributed by atoms with Crippen molar-refractivity contribution in [3.05, 3.63) is 29.8 Å². The Balaban J connectivity index is 2.15. The van der Waals surface area contributed by atoms with Crippen LogP contribution < -0.4 is 5.32 Å². The Bertz CT molecular complexity index is 447. The summed E-state index contributed by atoms with van der Waals surface area (Å²) in [5.41, 5.74) is 0.383. The first kappa shape index (κ1) is 14.7. The molecule has 1 aromatic rings. The Morgan fingerprint density at radius 2 is 2.11 bits per heavy atom. The van der Waals surface area contributed by atoms with Gasteiger partial charge in [-0.05, 0) is 31.2 Å². The fourth-order valence-electron chi connectivity index (χ4n) is 2.19. The van der Waals surface area contributed by atoms with Gasteiger partial charge in [0.1, 0.15) is 0 Å². The van der Waals surface area contributed by atoms with Gasteiger partial charge < -0.3 is 10.1 Å². The summed E-state index contributed by atoms with van der Waals surface area (Å²) in [4.78, 5) is 13.4. The predicted molar refractivity (Wildman–Crippen MR) is 79.2 cm³/mol. The van der Waals surface area contributed by atoms with E-state index in [1.165, 1.54) is 0 Å². The van der Waals surface area contributed by atoms with E-state index in [1.807, 2.05) is 30.5 Å². The zero-order valence-electron chi connectivity index (χ0n) is 10.9. The van der Waals surface area contributed by atoms with E-state index in [4.69, 9.17) is 16.3 Å². The molecular weight excluding hydrogens is 282 g/mol. The molecular formula is C14H18ClNO2S. The molecule has 1 saturated heterocycles. The molecule has 1 aromatic carbocycles. The van der Waals surface area contributed by atoms with Gasteiger partial charge in [-0.2, -0.15) is 0 Å². The lowest BCUT2D eigenvalue weighted by Gasteiger charge is -2.36. The monoisotopic (exact) mass is 299 g/mol. The molecule has 1 aliphatic heterocycles. The number of carbonyl (C=O) groups excluding carboxylic acids is 1. The maximum absolute atomic E-state index is 12.4. The van der Waals surface area contributed by atoms with Crippen LogP contribution in [0.25, 0.3) is 0 Å². The minimum atomic E-state index is -0.331. The van der Waals surface area contributed by atoms with Gasteiger partial charge in [-0.1, -0.05) is 12.1 Å². The van der Waals surface area contributed by atoms with Crippen LogP contribution in [0, 0.1) is 0 Å². The number of benzene rings is 1. The van der Waals surface area contributed by atoms with Crippen LogP contribution in [0.2, 0.25) is 0 Å². The summed E-state index contributed by atoms with van der Waals surface area (Å²) >= 11 is 7.64. The number of halogens is 1. The number of thioether (sulfide) groups is 1. The molecule has 2 rings (SSSR count). The van der Waals surface area contributed by atoms with Gasteiger partial charge in [0, 0.05) is 24.0 Å². The first-order valence-electron chi connectivity index (χ1n) is 6.30. The molecule has 1 N–H and O–H groups in total. The van der Waals surface area contributed by atoms with Crippen molar-refractivity contribution in [1.82, 2.24) is 5.32 Å². The van der Waals surface area contributed by atoms with Crippen LogP contribution in [0.5, 0.6) is 0 Å². The summed E-state index contributed by atoms with van der Waals surface area (Å²) < 4.78 is 5.34. The SMILES string of the molecule is CSc1ccccc1C(=O)NC1(CCl)CCOCC1. The number of ether oxygens (including phenoxy) is 1. The molecule has 5 heteroatoms. The minimum absolute atomic E-state index is 0.0486. The summed E-state index contributed by atoms with van der Waals surface area (Å²) in [6, 6.07) is 7.62. The summed E-state index contributed by atoms with van der Waals surface area (Å²) in [6.07, 6.45) is 3.51. The minimum Gasteiger partial charge on any atom is -0.381 e. The Hall–Kier alpha value is -0.710. The second kappa shape index (κ2) is 6.64. The van der Waals surface area contributed by atoms with Crippen molar-refractivity contribution in [1.29, 1.82) is 0 Å². The summed E-state index contributed by atoms with van der Waals surface area (Å²) in [5, 5.41) is 3.11. The summed E-state index contributed by atoms with van der Waals surface area (Å²) in [5.74, 6) is 0.372. The van der Waals surface area contributed by atoms with E-state index in [-0.39, 0.29) is 11.4 Å². The molecule has 0 spiro atoms. The fourth-order valence-corrected chi connectivity index (χ4v) is 3.12. The topological polar surface area (TPSA) is 38.3 Å². The number of nitrogens with one attached hydrogen (secondary N) is 1. The fraction of sp³-hybridized carbons (Fsp3) is 0.500. The molecule has 19 heavy (non-hydrogen) atoms. The lowest BCUT2D eigenvalue weighted by Crippen LogP contribution is -2.53. The van der Waals surface area contributed by atoms with Crippen molar-refractivity contribution in [2.45, 2.75) is 23.3 Å². The Morgan fingerprint density at radius 3 is 2.74 bits per heavy atom. The van der Waals surface area contributed by atoms with Gasteiger partial charge in [0.25, 0.3) is 5.91 Å². The van der Waals surface area contributed by atoms with Crippen LogP contribution in [0.1, 0.15) is 23.2 Å². The van der Waals surface area contributed by atoms with Crippen LogP contribution in [0.3, 0.4) is 0 Å². The van der Waals surface area contributed by atoms with E-state index in [9.17, 15) is 4.79 Å². The second-order valence-corrected chi connectivity index (χ2v) is 5.80. The normalized spacial score (nSPS) is 18.0. The van der Waals surface area contributed by atoms with Crippen molar-refractivity contribution in [2.24, 2.45) is 0 Å². The smallest absolute Gasteiger partial charge is 0.252 e. The third-order valence-corrected chi connectivity index (χ3v) is 4.74. The van der Waals surface area contributed by atoms with Gasteiger partial charge >= 0.3 is 0 Å². The lowest BCUT2D eigenvalue weighted by atomic mass is 9.92. The largest absolute Gasteiger partial charge is 0.381 e. The standard InChI is InChI=1S/C14H18ClNO2S/c1-19-12-5-3-2-4-11(12)13(17)16-14(10-15)6-8-18-9-7-14/h2-5H,6-10H2,1H3,(H,16,17). The molecule has 0 aromatic heterocycles. The molecule has 0 saturated carbocycles. The number of carbonyl (C=O) groups is 1. The first-order valence-corrected chi connectivity index (χ1v) is 8.06. The van der Waals surface area contributed by atoms with E-state index >= 15 is 0 Å². The van der Waals surface area contributed by atoms with Crippen LogP contribution in [0.4, 0.5) is 0 Å². The highest BCUT2D eigenvalue weighted by Crippen LogP contribution is 2.25. The number of amides is 1. The van der Waals surface area contributed by atoms with Crippen LogP contribution in [-0.2, 0) is 4.74 Å². The lowest BCUT2D eigenvalue weighted by molar-refractivity contribution is 0.0433. The van der Waals surface area contributed by atoms with Gasteiger partial charge in [0.15, 0.2) is 0 Å². The molecule has 0 atom stereocenters. The Kier molecular flexibility index (Phi) is 5.13. The molecule has 0 aliphatic carbocycles. The Morgan fingerprint density at radius 1 is 1.42 bits per heavy atom. The van der Waals surface area contributed by atoms with E-state index in [2.05, 4.69) is 5.32 Å². The molecule has 3 nitrogen and oxygen atoms in total. The molecule has 1 heterocycles. The van der Waals surface area contributed by atoms with Gasteiger partial charge in [-0.3, -0.25) is 4.79 Å². The van der Waals surface area contributed by atoms with Crippen LogP contribution in [0.15, 0.2) is 29.2 Å². The second-order valence-electron chi connectivity index (χ2n) is 4.68. The highest BCUT2D eigenvalue weighted by atomic mass is 35.5. The van der Waals surface area contributed by atoms with E-state index < -0.39 is 0 Å². The van der Waals surface area contributed by atoms with E-state index in [0.717, 1.165) is 17.7 Å². The van der Waals surface area contributed by atoms with E-state index in [0.29, 0.717) is 24.7 Å². The number of rotatable bonds is 4. The van der Waals surface area contributed by atoms with Crippen molar-refractivity contribution in [2.75, 3.05) is 25.3 Å². The number of alkyl halides is 1. The maximum atomic E-state index is 12.4. The zero-order chi connectivity index (χ0) is 13.7. The quantitative estimate of drug-likeness (QED) is 0.686. The van der Waals surface area contributed by atoms with Crippen LogP contribution >= 0.6 is 23.4 Å². The molecule has 0 bridgehead atoms. The highest BCUT2D eigenvalue weighted by Gasteiger charge is 2.33. The predicted octanol–water partition coefficient (Wildman–Crippen LogP) is 2.93. The molecule has 1 aliphatic rings. The van der Waals surface area contributed by atoms with Gasteiger partial charge in [-0.15, -0.1) is 23.4 Å². The number of hydrogen-bond donors (Lipinski definition) is 1. The third kappa shape index (κ3) is 3.44. The van der Waals surface area contributed by atoms with Crippen molar-refractivity contribution < 1.29 is 9.53 Å². The molecule has 1 fully saturated rings. The maximum Gasteiger partial charge on any atom is 0.252 e. The van der Waals surface area contributed by atoms with Gasteiger partial charge in [0.05, 0.1) is 11.1 Å². The average Bonchev–Trinajstić information content (AvgIpc) is 2.48. The molecule has 104 valence electrons. The summed E-state index contributed by atoms with van der Waals surface area (Å²) in [7, 11) is 0. The van der Waals surface area contributed by atoms with Gasteiger partial charge in [0.2, 0.25) is 0 Å². The van der Waals surface area contributed by atoms with Crippen molar-refractivity contribution in [3.63, 3.8) is 0 Å². The molecule has 0 radical (unpaired) electrons. The number of hydrogen-bond acceptors (Lipinski definition) is 3. The van der Waals surface area contributed by atoms with Crippen molar-refractivity contribution in [3.8, 4) is 0 Å². The highest BCUT2D eigenvalue weighted by molar-refractivity contribution is 7.98. The third-order valence-electron chi connectivity index (χ3n) is 3.44. The van der Waals surface area contributed by atoms with Gasteiger partial charge in [-0.25, -0.2) is 0 Å². The Labute approximate surface area is 123 Å². The average molecular weight is 300 g/mol.